The minimum absolute atomic E-state index is 0.194. The Labute approximate surface area is 110 Å². The van der Waals surface area contributed by atoms with Gasteiger partial charge in [-0.15, -0.1) is 11.3 Å². The van der Waals surface area contributed by atoms with Crippen molar-refractivity contribution in [3.8, 4) is 6.07 Å². The van der Waals surface area contributed by atoms with E-state index in [2.05, 4.69) is 11.4 Å². The Morgan fingerprint density at radius 2 is 2.50 bits per heavy atom. The summed E-state index contributed by atoms with van der Waals surface area (Å²) in [6, 6.07) is 2.17. The molecule has 0 aromatic carbocycles. The number of anilines is 1. The molecule has 0 spiro atoms. The summed E-state index contributed by atoms with van der Waals surface area (Å²) in [5, 5.41) is 12.6. The predicted molar refractivity (Wildman–Crippen MR) is 70.4 cm³/mol. The summed E-state index contributed by atoms with van der Waals surface area (Å²) in [5.41, 5.74) is 1.60. The number of nitrogens with one attached hydrogen (secondary N) is 1. The van der Waals surface area contributed by atoms with E-state index in [9.17, 15) is 10.1 Å². The average molecular weight is 262 g/mol. The lowest BCUT2D eigenvalue weighted by molar-refractivity contribution is -0.123. The fourth-order valence-corrected chi connectivity index (χ4v) is 3.06. The summed E-state index contributed by atoms with van der Waals surface area (Å²) in [4.78, 5) is 13.0. The Bertz CT molecular complexity index is 532. The fourth-order valence-electron chi connectivity index (χ4n) is 1.96. The molecule has 0 saturated heterocycles. The van der Waals surface area contributed by atoms with Crippen LogP contribution in [0.1, 0.15) is 29.3 Å². The lowest BCUT2D eigenvalue weighted by Crippen LogP contribution is -2.26. The molecule has 0 bridgehead atoms. The van der Waals surface area contributed by atoms with Gasteiger partial charge >= 0.3 is 0 Å². The van der Waals surface area contributed by atoms with Gasteiger partial charge in [0.15, 0.2) is 6.10 Å². The van der Waals surface area contributed by atoms with Crippen LogP contribution in [0.3, 0.4) is 0 Å². The van der Waals surface area contributed by atoms with E-state index >= 15 is 0 Å². The number of nitriles is 1. The van der Waals surface area contributed by atoms with Crippen LogP contribution in [0.15, 0.2) is 12.3 Å². The van der Waals surface area contributed by atoms with Crippen LogP contribution in [0.4, 0.5) is 5.00 Å². The van der Waals surface area contributed by atoms with Gasteiger partial charge < -0.3 is 10.1 Å². The number of carbonyl (C=O) groups excluding carboxylic acids is 1. The molecule has 0 aliphatic carbocycles. The van der Waals surface area contributed by atoms with Gasteiger partial charge in [-0.1, -0.05) is 6.92 Å². The van der Waals surface area contributed by atoms with E-state index in [0.717, 1.165) is 16.9 Å². The molecule has 1 N–H and O–H groups in total. The maximum Gasteiger partial charge on any atom is 0.266 e. The molecule has 18 heavy (non-hydrogen) atoms. The molecule has 1 aromatic heterocycles. The van der Waals surface area contributed by atoms with Gasteiger partial charge in [-0.25, -0.2) is 0 Å². The topological polar surface area (TPSA) is 62.1 Å². The summed E-state index contributed by atoms with van der Waals surface area (Å²) in [6.45, 7) is 3.97. The summed E-state index contributed by atoms with van der Waals surface area (Å²) >= 11 is 1.45. The van der Waals surface area contributed by atoms with Gasteiger partial charge in [0.2, 0.25) is 0 Å². The molecule has 1 aliphatic heterocycles. The zero-order chi connectivity index (χ0) is 13.1. The van der Waals surface area contributed by atoms with Crippen LogP contribution in [0, 0.1) is 18.3 Å². The Hall–Kier alpha value is -1.80. The van der Waals surface area contributed by atoms with E-state index in [1.165, 1.54) is 17.6 Å². The minimum Gasteiger partial charge on any atom is -0.488 e. The average Bonchev–Trinajstić information content (AvgIpc) is 2.96. The van der Waals surface area contributed by atoms with Gasteiger partial charge in [0.05, 0.1) is 11.8 Å². The number of aryl methyl sites for hydroxylation is 1. The molecular formula is C13H14N2O2S. The lowest BCUT2D eigenvalue weighted by Gasteiger charge is -2.09. The molecule has 1 unspecified atom stereocenters. The summed E-state index contributed by atoms with van der Waals surface area (Å²) in [7, 11) is 0. The maximum atomic E-state index is 11.9. The Kier molecular flexibility index (Phi) is 3.68. The van der Waals surface area contributed by atoms with Crippen LogP contribution < -0.4 is 5.32 Å². The second-order valence-electron chi connectivity index (χ2n) is 4.03. The first-order valence-corrected chi connectivity index (χ1v) is 6.62. The molecule has 1 aromatic rings. The zero-order valence-electron chi connectivity index (χ0n) is 10.3. The van der Waals surface area contributed by atoms with E-state index in [4.69, 9.17) is 4.74 Å². The molecule has 1 aliphatic rings. The standard InChI is InChI=1S/C13H14N2O2S/c1-3-9-8(2)18-13(10(9)7-14)15-12(16)11-5-4-6-17-11/h4,6,11H,3,5H2,1-2H3,(H,15,16). The third-order valence-electron chi connectivity index (χ3n) is 2.89. The molecule has 4 nitrogen and oxygen atoms in total. The number of amides is 1. The van der Waals surface area contributed by atoms with Crippen LogP contribution in [-0.4, -0.2) is 12.0 Å². The molecule has 1 atom stereocenters. The molecule has 0 radical (unpaired) electrons. The van der Waals surface area contributed by atoms with Crippen molar-refractivity contribution in [2.75, 3.05) is 5.32 Å². The van der Waals surface area contributed by atoms with Crippen molar-refractivity contribution >= 4 is 22.2 Å². The molecule has 94 valence electrons. The van der Waals surface area contributed by atoms with Crippen molar-refractivity contribution in [1.29, 1.82) is 5.26 Å². The Balaban J connectivity index is 2.19. The van der Waals surface area contributed by atoms with Gasteiger partial charge in [-0.2, -0.15) is 5.26 Å². The Morgan fingerprint density at radius 1 is 1.72 bits per heavy atom. The number of thiophene rings is 1. The Morgan fingerprint density at radius 3 is 3.06 bits per heavy atom. The van der Waals surface area contributed by atoms with Crippen molar-refractivity contribution in [2.24, 2.45) is 0 Å². The monoisotopic (exact) mass is 262 g/mol. The van der Waals surface area contributed by atoms with E-state index in [1.807, 2.05) is 19.9 Å². The lowest BCUT2D eigenvalue weighted by atomic mass is 10.1. The number of carbonyl (C=O) groups is 1. The van der Waals surface area contributed by atoms with Gasteiger partial charge in [0.1, 0.15) is 11.1 Å². The largest absolute Gasteiger partial charge is 0.488 e. The quantitative estimate of drug-likeness (QED) is 0.911. The second kappa shape index (κ2) is 5.23. The van der Waals surface area contributed by atoms with Crippen LogP contribution in [0.5, 0.6) is 0 Å². The summed E-state index contributed by atoms with van der Waals surface area (Å²) < 4.78 is 5.15. The van der Waals surface area contributed by atoms with Crippen molar-refractivity contribution in [3.05, 3.63) is 28.3 Å². The maximum absolute atomic E-state index is 11.9. The molecule has 2 rings (SSSR count). The molecule has 0 saturated carbocycles. The highest BCUT2D eigenvalue weighted by Crippen LogP contribution is 2.33. The summed E-state index contributed by atoms with van der Waals surface area (Å²) in [6.07, 6.45) is 4.25. The van der Waals surface area contributed by atoms with Crippen LogP contribution >= 0.6 is 11.3 Å². The van der Waals surface area contributed by atoms with Gasteiger partial charge in [-0.05, 0) is 25.0 Å². The van der Waals surface area contributed by atoms with E-state index in [-0.39, 0.29) is 5.91 Å². The van der Waals surface area contributed by atoms with Gasteiger partial charge in [0.25, 0.3) is 5.91 Å². The number of hydrogen-bond donors (Lipinski definition) is 1. The normalized spacial score (nSPS) is 17.3. The highest BCUT2D eigenvalue weighted by atomic mass is 32.1. The number of nitrogens with zero attached hydrogens (tertiary/aromatic N) is 1. The molecule has 0 fully saturated rings. The van der Waals surface area contributed by atoms with Gasteiger partial charge in [-0.3, -0.25) is 4.79 Å². The molecule has 1 amide bonds. The van der Waals surface area contributed by atoms with E-state index in [0.29, 0.717) is 17.0 Å². The second-order valence-corrected chi connectivity index (χ2v) is 5.25. The number of ether oxygens (including phenoxy) is 1. The highest BCUT2D eigenvalue weighted by Gasteiger charge is 2.23. The van der Waals surface area contributed by atoms with E-state index < -0.39 is 6.10 Å². The third kappa shape index (κ3) is 2.24. The SMILES string of the molecule is CCc1c(C)sc(NC(=O)C2CC=CO2)c1C#N. The first-order chi connectivity index (χ1) is 8.67. The van der Waals surface area contributed by atoms with Crippen molar-refractivity contribution in [1.82, 2.24) is 0 Å². The molecule has 5 heteroatoms. The van der Waals surface area contributed by atoms with E-state index in [1.54, 1.807) is 0 Å². The smallest absolute Gasteiger partial charge is 0.266 e. The minimum atomic E-state index is -0.468. The van der Waals surface area contributed by atoms with Crippen LogP contribution in [0.2, 0.25) is 0 Å². The molecular weight excluding hydrogens is 248 g/mol. The first kappa shape index (κ1) is 12.7. The summed E-state index contributed by atoms with van der Waals surface area (Å²) in [5.74, 6) is -0.194. The highest BCUT2D eigenvalue weighted by molar-refractivity contribution is 7.16. The van der Waals surface area contributed by atoms with Crippen molar-refractivity contribution in [2.45, 2.75) is 32.8 Å². The predicted octanol–water partition coefficient (Wildman–Crippen LogP) is 2.73. The third-order valence-corrected chi connectivity index (χ3v) is 3.96. The van der Waals surface area contributed by atoms with Crippen molar-refractivity contribution in [3.63, 3.8) is 0 Å². The zero-order valence-corrected chi connectivity index (χ0v) is 11.1. The first-order valence-electron chi connectivity index (χ1n) is 5.81. The van der Waals surface area contributed by atoms with Crippen molar-refractivity contribution < 1.29 is 9.53 Å². The van der Waals surface area contributed by atoms with Crippen LogP contribution in [-0.2, 0) is 16.0 Å². The number of hydrogen-bond acceptors (Lipinski definition) is 4. The van der Waals surface area contributed by atoms with Crippen LogP contribution in [0.25, 0.3) is 0 Å². The molecule has 2 heterocycles. The number of rotatable bonds is 3. The fraction of sp³-hybridized carbons (Fsp3) is 0.385. The van der Waals surface area contributed by atoms with Gasteiger partial charge in [0, 0.05) is 11.3 Å².